The number of nitrogens with two attached hydrogens (primary N) is 1. The zero-order valence-electron chi connectivity index (χ0n) is 17.2. The molecule has 2 aromatic rings. The van der Waals surface area contributed by atoms with Crippen molar-refractivity contribution in [3.05, 3.63) is 64.7 Å². The molecular formula is C24H29N3O2. The number of primary amides is 1. The number of hydrogen-bond acceptors (Lipinski definition) is 3. The summed E-state index contributed by atoms with van der Waals surface area (Å²) in [7, 11) is 0. The van der Waals surface area contributed by atoms with E-state index in [2.05, 4.69) is 36.1 Å². The van der Waals surface area contributed by atoms with Crippen LogP contribution in [0.15, 0.2) is 42.5 Å². The van der Waals surface area contributed by atoms with Crippen LogP contribution in [0.25, 0.3) is 0 Å². The van der Waals surface area contributed by atoms with Gasteiger partial charge in [0.15, 0.2) is 0 Å². The van der Waals surface area contributed by atoms with Crippen LogP contribution in [0.3, 0.4) is 0 Å². The first-order chi connectivity index (χ1) is 13.9. The Morgan fingerprint density at radius 2 is 1.69 bits per heavy atom. The number of carbonyl (C=O) groups excluding carboxylic acids is 2. The molecule has 0 aliphatic carbocycles. The van der Waals surface area contributed by atoms with E-state index in [9.17, 15) is 9.59 Å². The fourth-order valence-electron chi connectivity index (χ4n) is 4.70. The molecule has 152 valence electrons. The van der Waals surface area contributed by atoms with Crippen LogP contribution in [-0.4, -0.2) is 42.9 Å². The quantitative estimate of drug-likeness (QED) is 0.852. The van der Waals surface area contributed by atoms with Gasteiger partial charge in [0, 0.05) is 55.7 Å². The molecule has 2 heterocycles. The minimum absolute atomic E-state index is 0.167. The Bertz CT molecular complexity index is 925. The van der Waals surface area contributed by atoms with E-state index in [1.165, 1.54) is 5.69 Å². The molecular weight excluding hydrogens is 362 g/mol. The van der Waals surface area contributed by atoms with Crippen molar-refractivity contribution in [1.29, 1.82) is 0 Å². The van der Waals surface area contributed by atoms with Crippen LogP contribution in [0.4, 0.5) is 5.69 Å². The third-order valence-electron chi connectivity index (χ3n) is 6.54. The Balaban J connectivity index is 1.40. The highest BCUT2D eigenvalue weighted by molar-refractivity contribution is 5.96. The average molecular weight is 392 g/mol. The third kappa shape index (κ3) is 4.00. The predicted octanol–water partition coefficient (Wildman–Crippen LogP) is 2.93. The second kappa shape index (κ2) is 7.90. The fourth-order valence-corrected chi connectivity index (χ4v) is 4.70. The molecule has 0 bridgehead atoms. The summed E-state index contributed by atoms with van der Waals surface area (Å²) >= 11 is 0. The van der Waals surface area contributed by atoms with E-state index in [4.69, 9.17) is 5.73 Å². The Morgan fingerprint density at radius 3 is 2.38 bits per heavy atom. The lowest BCUT2D eigenvalue weighted by atomic mass is 10.0. The summed E-state index contributed by atoms with van der Waals surface area (Å²) in [6.07, 6.45) is 1.06. The second-order valence-corrected chi connectivity index (χ2v) is 8.52. The molecule has 0 spiro atoms. The number of hydrogen-bond donors (Lipinski definition) is 1. The zero-order valence-corrected chi connectivity index (χ0v) is 17.2. The van der Waals surface area contributed by atoms with E-state index in [-0.39, 0.29) is 11.8 Å². The van der Waals surface area contributed by atoms with Crippen molar-refractivity contribution in [2.24, 2.45) is 17.6 Å². The van der Waals surface area contributed by atoms with E-state index in [1.807, 2.05) is 30.0 Å². The van der Waals surface area contributed by atoms with Gasteiger partial charge in [-0.25, -0.2) is 0 Å². The number of fused-ring (bicyclic) bond motifs is 1. The minimum atomic E-state index is -0.264. The average Bonchev–Trinajstić information content (AvgIpc) is 3.27. The summed E-state index contributed by atoms with van der Waals surface area (Å²) in [6.45, 7) is 7.69. The Kier molecular flexibility index (Phi) is 5.31. The number of aryl methyl sites for hydroxylation is 2. The lowest BCUT2D eigenvalue weighted by molar-refractivity contribution is -0.117. The van der Waals surface area contributed by atoms with Crippen LogP contribution in [0.1, 0.15) is 33.5 Å². The largest absolute Gasteiger partial charge is 0.371 e. The Labute approximate surface area is 172 Å². The molecule has 2 N–H and O–H groups in total. The molecule has 29 heavy (non-hydrogen) atoms. The first kappa shape index (κ1) is 19.5. The summed E-state index contributed by atoms with van der Waals surface area (Å²) in [4.78, 5) is 28.6. The molecule has 5 nitrogen and oxygen atoms in total. The lowest BCUT2D eigenvalue weighted by Crippen LogP contribution is -2.33. The van der Waals surface area contributed by atoms with E-state index in [1.54, 1.807) is 0 Å². The minimum Gasteiger partial charge on any atom is -0.371 e. The van der Waals surface area contributed by atoms with E-state index >= 15 is 0 Å². The monoisotopic (exact) mass is 391 g/mol. The van der Waals surface area contributed by atoms with Crippen LogP contribution < -0.4 is 10.6 Å². The highest BCUT2D eigenvalue weighted by atomic mass is 16.2. The number of nitrogens with zero attached hydrogens (tertiary/aromatic N) is 2. The van der Waals surface area contributed by atoms with Crippen LogP contribution in [0, 0.1) is 25.7 Å². The molecule has 2 aliphatic rings. The van der Waals surface area contributed by atoms with Crippen LogP contribution >= 0.6 is 0 Å². The number of likely N-dealkylation sites (tertiary alicyclic amines) is 1. The number of anilines is 1. The van der Waals surface area contributed by atoms with Gasteiger partial charge in [0.1, 0.15) is 0 Å². The van der Waals surface area contributed by atoms with Crippen LogP contribution in [0.5, 0.6) is 0 Å². The van der Waals surface area contributed by atoms with Crippen molar-refractivity contribution in [1.82, 2.24) is 4.90 Å². The van der Waals surface area contributed by atoms with E-state index in [0.717, 1.165) is 48.4 Å². The van der Waals surface area contributed by atoms with Gasteiger partial charge in [-0.05, 0) is 55.2 Å². The Morgan fingerprint density at radius 1 is 1.00 bits per heavy atom. The standard InChI is InChI=1S/C24H29N3O2/c1-16-5-3-8-22(17(16)2)24(29)27-14-19-12-26(13-20(19)15-27)21-7-4-6-18(11-21)9-10-23(25)28/h3-8,11,19-20H,9-10,12-15H2,1-2H3,(H2,25,28). The summed E-state index contributed by atoms with van der Waals surface area (Å²) in [5, 5.41) is 0. The van der Waals surface area contributed by atoms with Crippen molar-refractivity contribution >= 4 is 17.5 Å². The molecule has 5 heteroatoms. The number of rotatable bonds is 5. The van der Waals surface area contributed by atoms with Gasteiger partial charge in [0.2, 0.25) is 5.91 Å². The summed E-state index contributed by atoms with van der Waals surface area (Å²) in [6, 6.07) is 14.4. The lowest BCUT2D eigenvalue weighted by Gasteiger charge is -2.24. The molecule has 2 atom stereocenters. The summed E-state index contributed by atoms with van der Waals surface area (Å²) in [5.74, 6) is 0.928. The maximum absolute atomic E-state index is 13.0. The van der Waals surface area contributed by atoms with Crippen LogP contribution in [-0.2, 0) is 11.2 Å². The van der Waals surface area contributed by atoms with Gasteiger partial charge in [-0.3, -0.25) is 9.59 Å². The van der Waals surface area contributed by atoms with Gasteiger partial charge in [-0.1, -0.05) is 24.3 Å². The molecule has 4 rings (SSSR count). The van der Waals surface area contributed by atoms with Crippen molar-refractivity contribution in [2.75, 3.05) is 31.1 Å². The van der Waals surface area contributed by atoms with Gasteiger partial charge in [-0.15, -0.1) is 0 Å². The topological polar surface area (TPSA) is 66.6 Å². The van der Waals surface area contributed by atoms with E-state index < -0.39 is 0 Å². The number of benzene rings is 2. The molecule has 2 aromatic carbocycles. The second-order valence-electron chi connectivity index (χ2n) is 8.52. The molecule has 0 radical (unpaired) electrons. The third-order valence-corrected chi connectivity index (χ3v) is 6.54. The van der Waals surface area contributed by atoms with Crippen molar-refractivity contribution in [2.45, 2.75) is 26.7 Å². The molecule has 2 fully saturated rings. The molecule has 2 saturated heterocycles. The van der Waals surface area contributed by atoms with Crippen molar-refractivity contribution in [3.8, 4) is 0 Å². The van der Waals surface area contributed by atoms with Gasteiger partial charge in [-0.2, -0.15) is 0 Å². The molecule has 2 unspecified atom stereocenters. The maximum atomic E-state index is 13.0. The molecule has 0 saturated carbocycles. The molecule has 2 amide bonds. The maximum Gasteiger partial charge on any atom is 0.254 e. The number of amides is 2. The normalized spacial score (nSPS) is 20.8. The van der Waals surface area contributed by atoms with Crippen LogP contribution in [0.2, 0.25) is 0 Å². The van der Waals surface area contributed by atoms with Crippen molar-refractivity contribution in [3.63, 3.8) is 0 Å². The predicted molar refractivity (Wildman–Crippen MR) is 115 cm³/mol. The summed E-state index contributed by atoms with van der Waals surface area (Å²) in [5.41, 5.74) is 10.7. The SMILES string of the molecule is Cc1cccc(C(=O)N2CC3CN(c4cccc(CCC(N)=O)c4)CC3C2)c1C. The molecule has 0 aromatic heterocycles. The molecule has 2 aliphatic heterocycles. The highest BCUT2D eigenvalue weighted by Crippen LogP contribution is 2.35. The first-order valence-corrected chi connectivity index (χ1v) is 10.4. The van der Waals surface area contributed by atoms with Crippen molar-refractivity contribution < 1.29 is 9.59 Å². The fraction of sp³-hybridized carbons (Fsp3) is 0.417. The van der Waals surface area contributed by atoms with Gasteiger partial charge < -0.3 is 15.5 Å². The zero-order chi connectivity index (χ0) is 20.5. The highest BCUT2D eigenvalue weighted by Gasteiger charge is 2.42. The summed E-state index contributed by atoms with van der Waals surface area (Å²) < 4.78 is 0. The van der Waals surface area contributed by atoms with Gasteiger partial charge >= 0.3 is 0 Å². The van der Waals surface area contributed by atoms with Gasteiger partial charge in [0.05, 0.1) is 0 Å². The number of carbonyl (C=O) groups is 2. The smallest absolute Gasteiger partial charge is 0.254 e. The van der Waals surface area contributed by atoms with E-state index in [0.29, 0.717) is 24.7 Å². The first-order valence-electron chi connectivity index (χ1n) is 10.4. The Hall–Kier alpha value is -2.82. The van der Waals surface area contributed by atoms with Gasteiger partial charge in [0.25, 0.3) is 5.91 Å².